The van der Waals surface area contributed by atoms with Crippen LogP contribution >= 0.6 is 22.7 Å². The van der Waals surface area contributed by atoms with Crippen LogP contribution in [0.3, 0.4) is 0 Å². The zero-order valence-electron chi connectivity index (χ0n) is 10.1. The summed E-state index contributed by atoms with van der Waals surface area (Å²) in [6.07, 6.45) is 0. The van der Waals surface area contributed by atoms with Gasteiger partial charge in [-0.25, -0.2) is 14.8 Å². The third kappa shape index (κ3) is 2.65. The van der Waals surface area contributed by atoms with Crippen molar-refractivity contribution in [3.8, 4) is 10.7 Å². The maximum absolute atomic E-state index is 11.5. The summed E-state index contributed by atoms with van der Waals surface area (Å²) in [5.41, 5.74) is 2.04. The van der Waals surface area contributed by atoms with Gasteiger partial charge in [0, 0.05) is 10.8 Å². The minimum atomic E-state index is -0.393. The molecule has 2 aromatic rings. The second kappa shape index (κ2) is 5.41. The van der Waals surface area contributed by atoms with E-state index < -0.39 is 5.97 Å². The van der Waals surface area contributed by atoms with Gasteiger partial charge >= 0.3 is 5.97 Å². The zero-order valence-corrected chi connectivity index (χ0v) is 11.7. The predicted octanol–water partition coefficient (Wildman–Crippen LogP) is 3.48. The van der Waals surface area contributed by atoms with Crippen molar-refractivity contribution in [1.82, 2.24) is 9.97 Å². The van der Waals surface area contributed by atoms with Crippen LogP contribution in [0.2, 0.25) is 0 Å². The average molecular weight is 280 g/mol. The lowest BCUT2D eigenvalue weighted by Crippen LogP contribution is -2.04. The molecule has 2 heterocycles. The lowest BCUT2D eigenvalue weighted by atomic mass is 10.4. The van der Waals surface area contributed by atoms with Gasteiger partial charge in [0.15, 0.2) is 5.69 Å². The standard InChI is InChI=1S/C12H12N2O2S2/c1-4-16-12(15)9-6-18-11(14-9)8-5-17-10(13-8)7(2)3/h5-6H,2,4H2,1,3H3. The SMILES string of the molecule is C=C(C)c1nc(-c2nc(C(=O)OCC)cs2)cs1. The maximum Gasteiger partial charge on any atom is 0.357 e. The van der Waals surface area contributed by atoms with Crippen LogP contribution in [0.4, 0.5) is 0 Å². The van der Waals surface area contributed by atoms with Gasteiger partial charge in [0.1, 0.15) is 15.7 Å². The fourth-order valence-electron chi connectivity index (χ4n) is 1.26. The largest absolute Gasteiger partial charge is 0.461 e. The molecule has 4 nitrogen and oxygen atoms in total. The second-order valence-electron chi connectivity index (χ2n) is 3.58. The Morgan fingerprint density at radius 1 is 1.39 bits per heavy atom. The Morgan fingerprint density at radius 3 is 2.78 bits per heavy atom. The summed E-state index contributed by atoms with van der Waals surface area (Å²) in [6.45, 7) is 7.88. The maximum atomic E-state index is 11.5. The average Bonchev–Trinajstić information content (AvgIpc) is 2.98. The number of hydrogen-bond donors (Lipinski definition) is 0. The van der Waals surface area contributed by atoms with Crippen molar-refractivity contribution in [3.63, 3.8) is 0 Å². The molecule has 0 atom stereocenters. The fraction of sp³-hybridized carbons (Fsp3) is 0.250. The molecule has 0 amide bonds. The van der Waals surface area contributed by atoms with Crippen LogP contribution in [-0.2, 0) is 4.74 Å². The molecule has 2 rings (SSSR count). The van der Waals surface area contributed by atoms with Gasteiger partial charge < -0.3 is 4.74 Å². The number of carbonyl (C=O) groups is 1. The highest BCUT2D eigenvalue weighted by Gasteiger charge is 2.14. The van der Waals surface area contributed by atoms with Crippen LogP contribution in [0.5, 0.6) is 0 Å². The monoisotopic (exact) mass is 280 g/mol. The molecule has 0 bridgehead atoms. The van der Waals surface area contributed by atoms with Crippen LogP contribution in [-0.4, -0.2) is 22.5 Å². The van der Waals surface area contributed by atoms with Gasteiger partial charge in [0.2, 0.25) is 0 Å². The van der Waals surface area contributed by atoms with Crippen molar-refractivity contribution in [2.24, 2.45) is 0 Å². The topological polar surface area (TPSA) is 52.1 Å². The Bertz CT molecular complexity index is 586. The van der Waals surface area contributed by atoms with Crippen LogP contribution < -0.4 is 0 Å². The Hall–Kier alpha value is -1.53. The number of ether oxygens (including phenoxy) is 1. The minimum Gasteiger partial charge on any atom is -0.461 e. The first-order valence-corrected chi connectivity index (χ1v) is 7.12. The molecular weight excluding hydrogens is 268 g/mol. The van der Waals surface area contributed by atoms with Crippen molar-refractivity contribution in [1.29, 1.82) is 0 Å². The summed E-state index contributed by atoms with van der Waals surface area (Å²) in [4.78, 5) is 20.1. The molecular formula is C12H12N2O2S2. The van der Waals surface area contributed by atoms with E-state index in [1.165, 1.54) is 22.7 Å². The number of esters is 1. The summed E-state index contributed by atoms with van der Waals surface area (Å²) in [5, 5.41) is 5.21. The molecule has 0 fully saturated rings. The molecule has 0 aliphatic rings. The number of hydrogen-bond acceptors (Lipinski definition) is 6. The third-order valence-corrected chi connectivity index (χ3v) is 3.95. The van der Waals surface area contributed by atoms with Crippen LogP contribution in [0.1, 0.15) is 29.3 Å². The van der Waals surface area contributed by atoms with Gasteiger partial charge in [-0.2, -0.15) is 0 Å². The van der Waals surface area contributed by atoms with E-state index in [1.54, 1.807) is 12.3 Å². The van der Waals surface area contributed by atoms with E-state index in [9.17, 15) is 4.79 Å². The van der Waals surface area contributed by atoms with E-state index in [0.717, 1.165) is 21.3 Å². The summed E-state index contributed by atoms with van der Waals surface area (Å²) >= 11 is 2.90. The van der Waals surface area contributed by atoms with Crippen molar-refractivity contribution in [2.75, 3.05) is 6.61 Å². The number of aromatic nitrogens is 2. The van der Waals surface area contributed by atoms with E-state index in [-0.39, 0.29) is 0 Å². The number of nitrogens with zero attached hydrogens (tertiary/aromatic N) is 2. The lowest BCUT2D eigenvalue weighted by molar-refractivity contribution is 0.0520. The van der Waals surface area contributed by atoms with Crippen LogP contribution in [0, 0.1) is 0 Å². The summed E-state index contributed by atoms with van der Waals surface area (Å²) in [5.74, 6) is -0.393. The molecule has 2 aromatic heterocycles. The summed E-state index contributed by atoms with van der Waals surface area (Å²) in [6, 6.07) is 0. The highest BCUT2D eigenvalue weighted by Crippen LogP contribution is 2.27. The molecule has 0 saturated carbocycles. The highest BCUT2D eigenvalue weighted by atomic mass is 32.1. The van der Waals surface area contributed by atoms with Gasteiger partial charge in [-0.1, -0.05) is 6.58 Å². The van der Waals surface area contributed by atoms with Gasteiger partial charge in [-0.3, -0.25) is 0 Å². The fourth-order valence-corrected chi connectivity index (χ4v) is 2.82. The molecule has 0 aliphatic heterocycles. The summed E-state index contributed by atoms with van der Waals surface area (Å²) in [7, 11) is 0. The predicted molar refractivity (Wildman–Crippen MR) is 73.9 cm³/mol. The molecule has 0 spiro atoms. The lowest BCUT2D eigenvalue weighted by Gasteiger charge is -1.95. The van der Waals surface area contributed by atoms with Crippen molar-refractivity contribution in [2.45, 2.75) is 13.8 Å². The Morgan fingerprint density at radius 2 is 2.17 bits per heavy atom. The quantitative estimate of drug-likeness (QED) is 0.805. The molecule has 0 aromatic carbocycles. The first-order valence-electron chi connectivity index (χ1n) is 5.36. The number of rotatable bonds is 4. The smallest absolute Gasteiger partial charge is 0.357 e. The zero-order chi connectivity index (χ0) is 13.1. The van der Waals surface area contributed by atoms with Crippen LogP contribution in [0.25, 0.3) is 16.3 Å². The van der Waals surface area contributed by atoms with Gasteiger partial charge in [0.05, 0.1) is 6.61 Å². The number of allylic oxidation sites excluding steroid dienone is 1. The van der Waals surface area contributed by atoms with E-state index >= 15 is 0 Å². The minimum absolute atomic E-state index is 0.335. The van der Waals surface area contributed by atoms with Crippen molar-refractivity contribution >= 4 is 34.2 Å². The molecule has 6 heteroatoms. The van der Waals surface area contributed by atoms with Gasteiger partial charge in [-0.15, -0.1) is 22.7 Å². The number of thiazole rings is 2. The summed E-state index contributed by atoms with van der Waals surface area (Å²) < 4.78 is 4.89. The third-order valence-electron chi connectivity index (χ3n) is 2.08. The van der Waals surface area contributed by atoms with Crippen molar-refractivity contribution < 1.29 is 9.53 Å². The Labute approximate surface area is 113 Å². The number of carbonyl (C=O) groups excluding carboxylic acids is 1. The van der Waals surface area contributed by atoms with Crippen molar-refractivity contribution in [3.05, 3.63) is 28.0 Å². The molecule has 0 aliphatic carbocycles. The highest BCUT2D eigenvalue weighted by molar-refractivity contribution is 7.14. The van der Waals surface area contributed by atoms with E-state index in [4.69, 9.17) is 4.74 Å². The Kier molecular flexibility index (Phi) is 3.88. The first kappa shape index (κ1) is 12.9. The molecule has 0 radical (unpaired) electrons. The molecule has 0 saturated heterocycles. The molecule has 18 heavy (non-hydrogen) atoms. The molecule has 0 N–H and O–H groups in total. The van der Waals surface area contributed by atoms with Gasteiger partial charge in [-0.05, 0) is 19.4 Å². The Balaban J connectivity index is 2.23. The molecule has 0 unspecified atom stereocenters. The van der Waals surface area contributed by atoms with E-state index in [1.807, 2.05) is 12.3 Å². The molecule has 94 valence electrons. The first-order chi connectivity index (χ1) is 8.61. The van der Waals surface area contributed by atoms with E-state index in [2.05, 4.69) is 16.5 Å². The van der Waals surface area contributed by atoms with Gasteiger partial charge in [0.25, 0.3) is 0 Å². The van der Waals surface area contributed by atoms with E-state index in [0.29, 0.717) is 12.3 Å². The van der Waals surface area contributed by atoms with Crippen LogP contribution in [0.15, 0.2) is 17.3 Å². The normalized spacial score (nSPS) is 10.3. The second-order valence-corrected chi connectivity index (χ2v) is 5.29.